The maximum absolute atomic E-state index is 12.1. The first kappa shape index (κ1) is 16.4. The van der Waals surface area contributed by atoms with Crippen molar-refractivity contribution in [2.24, 2.45) is 0 Å². The zero-order valence-corrected chi connectivity index (χ0v) is 13.5. The standard InChI is InChI=1S/C12H19N3O4S2/c1-8-11(14-5-6-19-8)12(16)15-7-9-3-4-10(20-9)21(17,18)13-2/h3-4,8,11,13-14H,5-7H2,1-2H3,(H,15,16)/t8-,11+/m1/s1. The van der Waals surface area contributed by atoms with Gasteiger partial charge in [0.2, 0.25) is 15.9 Å². The van der Waals surface area contributed by atoms with E-state index in [1.807, 2.05) is 6.92 Å². The van der Waals surface area contributed by atoms with Crippen LogP contribution in [0.25, 0.3) is 0 Å². The highest BCUT2D eigenvalue weighted by Crippen LogP contribution is 2.21. The highest BCUT2D eigenvalue weighted by molar-refractivity contribution is 7.91. The molecule has 0 aromatic carbocycles. The number of nitrogens with one attached hydrogen (secondary N) is 3. The van der Waals surface area contributed by atoms with Gasteiger partial charge in [0.25, 0.3) is 0 Å². The number of ether oxygens (including phenoxy) is 1. The van der Waals surface area contributed by atoms with Crippen LogP contribution in [-0.4, -0.2) is 46.7 Å². The number of carbonyl (C=O) groups is 1. The Hall–Kier alpha value is -1.00. The van der Waals surface area contributed by atoms with Gasteiger partial charge < -0.3 is 15.4 Å². The molecule has 1 aromatic rings. The molecule has 2 atom stereocenters. The third-order valence-electron chi connectivity index (χ3n) is 3.21. The van der Waals surface area contributed by atoms with Gasteiger partial charge >= 0.3 is 0 Å². The molecule has 1 aromatic heterocycles. The monoisotopic (exact) mass is 333 g/mol. The van der Waals surface area contributed by atoms with Gasteiger partial charge in [-0.05, 0) is 26.1 Å². The summed E-state index contributed by atoms with van der Waals surface area (Å²) < 4.78 is 31.2. The van der Waals surface area contributed by atoms with Crippen LogP contribution < -0.4 is 15.4 Å². The van der Waals surface area contributed by atoms with E-state index >= 15 is 0 Å². The molecular formula is C12H19N3O4S2. The molecule has 2 rings (SSSR count). The molecule has 0 spiro atoms. The van der Waals surface area contributed by atoms with Gasteiger partial charge in [-0.1, -0.05) is 0 Å². The van der Waals surface area contributed by atoms with Gasteiger partial charge in [0, 0.05) is 11.4 Å². The number of amides is 1. The first-order valence-electron chi connectivity index (χ1n) is 6.59. The van der Waals surface area contributed by atoms with Crippen LogP contribution in [-0.2, 0) is 26.1 Å². The first-order valence-corrected chi connectivity index (χ1v) is 8.89. The zero-order chi connectivity index (χ0) is 15.5. The number of sulfonamides is 1. The largest absolute Gasteiger partial charge is 0.375 e. The van der Waals surface area contributed by atoms with Gasteiger partial charge in [0.15, 0.2) is 0 Å². The summed E-state index contributed by atoms with van der Waals surface area (Å²) in [4.78, 5) is 12.8. The van der Waals surface area contributed by atoms with Crippen molar-refractivity contribution in [3.8, 4) is 0 Å². The molecule has 21 heavy (non-hydrogen) atoms. The summed E-state index contributed by atoms with van der Waals surface area (Å²) >= 11 is 1.14. The van der Waals surface area contributed by atoms with Gasteiger partial charge in [-0.3, -0.25) is 4.79 Å². The van der Waals surface area contributed by atoms with Crippen molar-refractivity contribution >= 4 is 27.3 Å². The Morgan fingerprint density at radius 3 is 2.95 bits per heavy atom. The van der Waals surface area contributed by atoms with E-state index in [1.165, 1.54) is 13.1 Å². The zero-order valence-electron chi connectivity index (χ0n) is 11.9. The van der Waals surface area contributed by atoms with Crippen LogP contribution in [0.2, 0.25) is 0 Å². The van der Waals surface area contributed by atoms with Crippen LogP contribution in [0.15, 0.2) is 16.3 Å². The smallest absolute Gasteiger partial charge is 0.249 e. The normalized spacial score (nSPS) is 23.0. The van der Waals surface area contributed by atoms with Crippen LogP contribution in [0.1, 0.15) is 11.8 Å². The number of carbonyl (C=O) groups excluding carboxylic acids is 1. The maximum atomic E-state index is 12.1. The summed E-state index contributed by atoms with van der Waals surface area (Å²) in [5.74, 6) is -0.145. The molecule has 1 aliphatic rings. The van der Waals surface area contributed by atoms with E-state index in [9.17, 15) is 13.2 Å². The minimum absolute atomic E-state index is 0.145. The third-order valence-corrected chi connectivity index (χ3v) is 6.20. The molecule has 118 valence electrons. The van der Waals surface area contributed by atoms with E-state index < -0.39 is 10.0 Å². The highest BCUT2D eigenvalue weighted by atomic mass is 32.2. The summed E-state index contributed by atoms with van der Waals surface area (Å²) in [6.45, 7) is 3.39. The van der Waals surface area contributed by atoms with Gasteiger partial charge in [-0.2, -0.15) is 0 Å². The Morgan fingerprint density at radius 1 is 1.52 bits per heavy atom. The topological polar surface area (TPSA) is 96.5 Å². The van der Waals surface area contributed by atoms with E-state index in [4.69, 9.17) is 4.74 Å². The molecule has 2 heterocycles. The summed E-state index contributed by atoms with van der Waals surface area (Å²) in [7, 11) is -2.05. The van der Waals surface area contributed by atoms with Crippen molar-refractivity contribution in [1.29, 1.82) is 0 Å². The van der Waals surface area contributed by atoms with Crippen molar-refractivity contribution in [2.45, 2.75) is 29.8 Å². The van der Waals surface area contributed by atoms with E-state index in [1.54, 1.807) is 6.07 Å². The molecule has 0 unspecified atom stereocenters. The molecule has 1 saturated heterocycles. The van der Waals surface area contributed by atoms with Gasteiger partial charge in [0.1, 0.15) is 10.3 Å². The van der Waals surface area contributed by atoms with E-state index in [-0.39, 0.29) is 22.3 Å². The van der Waals surface area contributed by atoms with E-state index in [0.29, 0.717) is 19.7 Å². The number of hydrogen-bond donors (Lipinski definition) is 3. The molecule has 9 heteroatoms. The maximum Gasteiger partial charge on any atom is 0.249 e. The molecule has 3 N–H and O–H groups in total. The number of thiophene rings is 1. The molecule has 0 radical (unpaired) electrons. The second-order valence-electron chi connectivity index (χ2n) is 4.65. The fourth-order valence-electron chi connectivity index (χ4n) is 2.01. The van der Waals surface area contributed by atoms with Crippen LogP contribution in [0.5, 0.6) is 0 Å². The fraction of sp³-hybridized carbons (Fsp3) is 0.583. The average Bonchev–Trinajstić information content (AvgIpc) is 2.95. The molecule has 1 amide bonds. The van der Waals surface area contributed by atoms with Crippen LogP contribution in [0.3, 0.4) is 0 Å². The van der Waals surface area contributed by atoms with Crippen molar-refractivity contribution in [3.63, 3.8) is 0 Å². The lowest BCUT2D eigenvalue weighted by molar-refractivity contribution is -0.129. The Kier molecular flexibility index (Phi) is 5.33. The summed E-state index contributed by atoms with van der Waals surface area (Å²) in [5, 5.41) is 5.90. The van der Waals surface area contributed by atoms with Crippen molar-refractivity contribution in [2.75, 3.05) is 20.2 Å². The first-order chi connectivity index (χ1) is 9.94. The third kappa shape index (κ3) is 4.01. The number of rotatable bonds is 5. The molecule has 0 bridgehead atoms. The van der Waals surface area contributed by atoms with Crippen molar-refractivity contribution in [1.82, 2.24) is 15.4 Å². The SMILES string of the molecule is CNS(=O)(=O)c1ccc(CNC(=O)[C@H]2NCCO[C@@H]2C)s1. The van der Waals surface area contributed by atoms with Crippen molar-refractivity contribution in [3.05, 3.63) is 17.0 Å². The van der Waals surface area contributed by atoms with E-state index in [2.05, 4.69) is 15.4 Å². The Labute approximate surface area is 128 Å². The predicted molar refractivity (Wildman–Crippen MR) is 79.6 cm³/mol. The molecule has 0 aliphatic carbocycles. The lowest BCUT2D eigenvalue weighted by atomic mass is 10.1. The molecular weight excluding hydrogens is 314 g/mol. The molecule has 7 nitrogen and oxygen atoms in total. The fourth-order valence-corrected chi connectivity index (χ4v) is 4.14. The minimum atomic E-state index is -3.42. The number of morpholine rings is 1. The predicted octanol–water partition coefficient (Wildman–Crippen LogP) is -0.351. The lowest BCUT2D eigenvalue weighted by Crippen LogP contribution is -2.55. The second-order valence-corrected chi connectivity index (χ2v) is 7.94. The quantitative estimate of drug-likeness (QED) is 0.684. The Bertz CT molecular complexity index is 599. The van der Waals surface area contributed by atoms with E-state index in [0.717, 1.165) is 16.2 Å². The average molecular weight is 333 g/mol. The Morgan fingerprint density at radius 2 is 2.29 bits per heavy atom. The molecule has 0 saturated carbocycles. The van der Waals surface area contributed by atoms with Crippen LogP contribution in [0, 0.1) is 0 Å². The van der Waals surface area contributed by atoms with Gasteiger partial charge in [-0.15, -0.1) is 11.3 Å². The summed E-state index contributed by atoms with van der Waals surface area (Å²) in [5.41, 5.74) is 0. The van der Waals surface area contributed by atoms with Crippen LogP contribution >= 0.6 is 11.3 Å². The van der Waals surface area contributed by atoms with Crippen LogP contribution in [0.4, 0.5) is 0 Å². The molecule has 1 fully saturated rings. The Balaban J connectivity index is 1.93. The lowest BCUT2D eigenvalue weighted by Gasteiger charge is -2.29. The van der Waals surface area contributed by atoms with Gasteiger partial charge in [0.05, 0.1) is 19.3 Å². The summed E-state index contributed by atoms with van der Waals surface area (Å²) in [6, 6.07) is 2.85. The number of hydrogen-bond acceptors (Lipinski definition) is 6. The second kappa shape index (κ2) is 6.84. The van der Waals surface area contributed by atoms with Crippen molar-refractivity contribution < 1.29 is 17.9 Å². The highest BCUT2D eigenvalue weighted by Gasteiger charge is 2.28. The van der Waals surface area contributed by atoms with Gasteiger partial charge in [-0.25, -0.2) is 13.1 Å². The minimum Gasteiger partial charge on any atom is -0.375 e. The molecule has 1 aliphatic heterocycles. The summed E-state index contributed by atoms with van der Waals surface area (Å²) in [6.07, 6.45) is -0.178.